The molecule has 0 aliphatic heterocycles. The highest BCUT2D eigenvalue weighted by molar-refractivity contribution is 5.82. The number of hydrogen-bond acceptors (Lipinski definition) is 3. The van der Waals surface area contributed by atoms with Crippen LogP contribution in [0.1, 0.15) is 45.4 Å². The number of carboxylic acid groups (broad SMARTS) is 1. The van der Waals surface area contributed by atoms with Gasteiger partial charge in [-0.2, -0.15) is 0 Å². The lowest BCUT2D eigenvalue weighted by molar-refractivity contribution is -0.139. The van der Waals surface area contributed by atoms with Crippen LogP contribution in [0.4, 0.5) is 4.79 Å². The molecular weight excluding hydrogens is 246 g/mol. The number of carbonyl (C=O) groups is 2. The monoisotopic (exact) mass is 271 g/mol. The summed E-state index contributed by atoms with van der Waals surface area (Å²) in [6.07, 6.45) is 5.55. The molecule has 0 aromatic rings. The number of carboxylic acids is 1. The van der Waals surface area contributed by atoms with Crippen LogP contribution in [0.15, 0.2) is 0 Å². The van der Waals surface area contributed by atoms with Gasteiger partial charge in [0.05, 0.1) is 0 Å². The molecule has 6 heteroatoms. The van der Waals surface area contributed by atoms with Crippen molar-refractivity contribution in [2.24, 2.45) is 0 Å². The molecule has 1 aliphatic carbocycles. The quantitative estimate of drug-likeness (QED) is 0.447. The third kappa shape index (κ3) is 7.66. The SMILES string of the molecule is CCCC[C@H](NC(=O)NCCCNC1CC1)C(=O)O. The fourth-order valence-electron chi connectivity index (χ4n) is 1.76. The fourth-order valence-corrected chi connectivity index (χ4v) is 1.76. The summed E-state index contributed by atoms with van der Waals surface area (Å²) in [5.41, 5.74) is 0. The minimum Gasteiger partial charge on any atom is -0.480 e. The average Bonchev–Trinajstić information content (AvgIpc) is 3.17. The molecule has 2 amide bonds. The van der Waals surface area contributed by atoms with Crippen LogP contribution in [0, 0.1) is 0 Å². The maximum Gasteiger partial charge on any atom is 0.326 e. The first kappa shape index (κ1) is 15.8. The fraction of sp³-hybridized carbons (Fsp3) is 0.846. The number of nitrogens with one attached hydrogen (secondary N) is 3. The summed E-state index contributed by atoms with van der Waals surface area (Å²) in [5, 5.41) is 17.5. The van der Waals surface area contributed by atoms with Crippen LogP contribution in [-0.4, -0.2) is 42.3 Å². The first-order valence-corrected chi connectivity index (χ1v) is 7.14. The summed E-state index contributed by atoms with van der Waals surface area (Å²) < 4.78 is 0. The summed E-state index contributed by atoms with van der Waals surface area (Å²) >= 11 is 0. The lowest BCUT2D eigenvalue weighted by Gasteiger charge is -2.14. The number of amides is 2. The standard InChI is InChI=1S/C13H25N3O3/c1-2-3-5-11(12(17)18)16-13(19)15-9-4-8-14-10-6-7-10/h10-11,14H,2-9H2,1H3,(H,17,18)(H2,15,16,19)/t11-/m0/s1. The normalized spacial score (nSPS) is 15.8. The van der Waals surface area contributed by atoms with Crippen molar-refractivity contribution in [3.8, 4) is 0 Å². The molecule has 1 fully saturated rings. The van der Waals surface area contributed by atoms with E-state index in [-0.39, 0.29) is 0 Å². The summed E-state index contributed by atoms with van der Waals surface area (Å²) in [6.45, 7) is 3.45. The third-order valence-electron chi connectivity index (χ3n) is 3.10. The largest absolute Gasteiger partial charge is 0.480 e. The summed E-state index contributed by atoms with van der Waals surface area (Å²) in [5.74, 6) is -0.973. The Labute approximate surface area is 114 Å². The van der Waals surface area contributed by atoms with Gasteiger partial charge in [-0.1, -0.05) is 19.8 Å². The van der Waals surface area contributed by atoms with Gasteiger partial charge in [-0.05, 0) is 32.2 Å². The maximum atomic E-state index is 11.5. The van der Waals surface area contributed by atoms with Crippen molar-refractivity contribution in [1.29, 1.82) is 0 Å². The van der Waals surface area contributed by atoms with E-state index in [4.69, 9.17) is 5.11 Å². The Morgan fingerprint density at radius 2 is 2.00 bits per heavy atom. The van der Waals surface area contributed by atoms with Crippen molar-refractivity contribution >= 4 is 12.0 Å². The van der Waals surface area contributed by atoms with Crippen LogP contribution >= 0.6 is 0 Å². The van der Waals surface area contributed by atoms with Gasteiger partial charge in [0.1, 0.15) is 6.04 Å². The minimum atomic E-state index is -0.973. The van der Waals surface area contributed by atoms with Gasteiger partial charge < -0.3 is 21.1 Å². The predicted molar refractivity (Wildman–Crippen MR) is 73.1 cm³/mol. The molecule has 0 aromatic heterocycles. The Morgan fingerprint density at radius 1 is 1.26 bits per heavy atom. The van der Waals surface area contributed by atoms with Crippen LogP contribution in [-0.2, 0) is 4.79 Å². The molecule has 6 nitrogen and oxygen atoms in total. The van der Waals surface area contributed by atoms with Crippen LogP contribution in [0.2, 0.25) is 0 Å². The zero-order valence-corrected chi connectivity index (χ0v) is 11.6. The van der Waals surface area contributed by atoms with Gasteiger partial charge in [0, 0.05) is 12.6 Å². The molecule has 0 aromatic carbocycles. The Kier molecular flexibility index (Phi) is 7.25. The molecule has 1 aliphatic rings. The van der Waals surface area contributed by atoms with Crippen molar-refractivity contribution in [1.82, 2.24) is 16.0 Å². The molecule has 0 radical (unpaired) electrons. The van der Waals surface area contributed by atoms with Crippen molar-refractivity contribution < 1.29 is 14.7 Å². The van der Waals surface area contributed by atoms with E-state index in [0.29, 0.717) is 19.0 Å². The van der Waals surface area contributed by atoms with E-state index in [1.54, 1.807) is 0 Å². The van der Waals surface area contributed by atoms with Crippen molar-refractivity contribution in [2.45, 2.75) is 57.5 Å². The van der Waals surface area contributed by atoms with E-state index in [2.05, 4.69) is 16.0 Å². The first-order valence-electron chi connectivity index (χ1n) is 7.14. The maximum absolute atomic E-state index is 11.5. The van der Waals surface area contributed by atoms with E-state index in [9.17, 15) is 9.59 Å². The van der Waals surface area contributed by atoms with Gasteiger partial charge in [0.2, 0.25) is 0 Å². The molecule has 1 saturated carbocycles. The summed E-state index contributed by atoms with van der Waals surface area (Å²) in [6, 6.07) is -0.501. The van der Waals surface area contributed by atoms with Gasteiger partial charge in [0.25, 0.3) is 0 Å². The second-order valence-corrected chi connectivity index (χ2v) is 5.02. The highest BCUT2D eigenvalue weighted by Gasteiger charge is 2.20. The van der Waals surface area contributed by atoms with Gasteiger partial charge >= 0.3 is 12.0 Å². The number of hydrogen-bond donors (Lipinski definition) is 4. The van der Waals surface area contributed by atoms with E-state index >= 15 is 0 Å². The minimum absolute atomic E-state index is 0.394. The van der Waals surface area contributed by atoms with E-state index in [1.807, 2.05) is 6.92 Å². The highest BCUT2D eigenvalue weighted by atomic mass is 16.4. The van der Waals surface area contributed by atoms with Crippen LogP contribution < -0.4 is 16.0 Å². The van der Waals surface area contributed by atoms with E-state index in [0.717, 1.165) is 25.8 Å². The van der Waals surface area contributed by atoms with Gasteiger partial charge in [-0.25, -0.2) is 9.59 Å². The molecule has 19 heavy (non-hydrogen) atoms. The van der Waals surface area contributed by atoms with Crippen LogP contribution in [0.5, 0.6) is 0 Å². The molecule has 1 rings (SSSR count). The van der Waals surface area contributed by atoms with Gasteiger partial charge in [-0.15, -0.1) is 0 Å². The third-order valence-corrected chi connectivity index (χ3v) is 3.10. The topological polar surface area (TPSA) is 90.5 Å². The number of urea groups is 1. The molecule has 0 bridgehead atoms. The first-order chi connectivity index (χ1) is 9.13. The molecule has 1 atom stereocenters. The van der Waals surface area contributed by atoms with Crippen molar-refractivity contribution in [3.05, 3.63) is 0 Å². The second kappa shape index (κ2) is 8.74. The van der Waals surface area contributed by atoms with Crippen molar-refractivity contribution in [2.75, 3.05) is 13.1 Å². The van der Waals surface area contributed by atoms with Gasteiger partial charge in [-0.3, -0.25) is 0 Å². The molecule has 110 valence electrons. The Hall–Kier alpha value is -1.30. The van der Waals surface area contributed by atoms with Crippen LogP contribution in [0.25, 0.3) is 0 Å². The Balaban J connectivity index is 2.06. The highest BCUT2D eigenvalue weighted by Crippen LogP contribution is 2.18. The molecular formula is C13H25N3O3. The second-order valence-electron chi connectivity index (χ2n) is 5.02. The summed E-state index contributed by atoms with van der Waals surface area (Å²) in [4.78, 5) is 22.5. The zero-order chi connectivity index (χ0) is 14.1. The molecule has 0 unspecified atom stereocenters. The zero-order valence-electron chi connectivity index (χ0n) is 11.6. The lowest BCUT2D eigenvalue weighted by atomic mass is 10.1. The predicted octanol–water partition coefficient (Wildman–Crippen LogP) is 1.07. The van der Waals surface area contributed by atoms with E-state index < -0.39 is 18.0 Å². The van der Waals surface area contributed by atoms with Gasteiger partial charge in [0.15, 0.2) is 0 Å². The summed E-state index contributed by atoms with van der Waals surface area (Å²) in [7, 11) is 0. The average molecular weight is 271 g/mol. The van der Waals surface area contributed by atoms with Crippen LogP contribution in [0.3, 0.4) is 0 Å². The number of rotatable bonds is 10. The Morgan fingerprint density at radius 3 is 2.58 bits per heavy atom. The number of aliphatic carboxylic acids is 1. The Bertz CT molecular complexity index is 293. The molecule has 0 saturated heterocycles. The lowest BCUT2D eigenvalue weighted by Crippen LogP contribution is -2.46. The smallest absolute Gasteiger partial charge is 0.326 e. The van der Waals surface area contributed by atoms with E-state index in [1.165, 1.54) is 12.8 Å². The number of unbranched alkanes of at least 4 members (excludes halogenated alkanes) is 1. The number of carbonyl (C=O) groups excluding carboxylic acids is 1. The molecule has 0 heterocycles. The molecule has 4 N–H and O–H groups in total. The van der Waals surface area contributed by atoms with Crippen molar-refractivity contribution in [3.63, 3.8) is 0 Å². The molecule has 0 spiro atoms.